The van der Waals surface area contributed by atoms with Crippen molar-refractivity contribution in [1.29, 1.82) is 0 Å². The van der Waals surface area contributed by atoms with Gasteiger partial charge in [0.15, 0.2) is 0 Å². The summed E-state index contributed by atoms with van der Waals surface area (Å²) in [7, 11) is 0. The molecular weight excluding hydrogens is 194 g/mol. The van der Waals surface area contributed by atoms with E-state index in [0.717, 1.165) is 25.9 Å². The van der Waals surface area contributed by atoms with E-state index in [-0.39, 0.29) is 18.0 Å². The Labute approximate surface area is 91.2 Å². The van der Waals surface area contributed by atoms with Gasteiger partial charge < -0.3 is 14.7 Å². The van der Waals surface area contributed by atoms with Gasteiger partial charge in [0.2, 0.25) is 0 Å². The first kappa shape index (κ1) is 12.5. The second-order valence-corrected chi connectivity index (χ2v) is 4.18. The van der Waals surface area contributed by atoms with Crippen molar-refractivity contribution in [1.82, 2.24) is 4.90 Å². The van der Waals surface area contributed by atoms with Crippen LogP contribution in [0.15, 0.2) is 0 Å². The molecular formula is C11H21NO3. The van der Waals surface area contributed by atoms with Crippen molar-refractivity contribution in [2.75, 3.05) is 26.2 Å². The lowest BCUT2D eigenvalue weighted by Crippen LogP contribution is -2.40. The number of likely N-dealkylation sites (tertiary alicyclic amines) is 1. The molecule has 0 spiro atoms. The molecule has 0 aromatic carbocycles. The topological polar surface area (TPSA) is 49.8 Å². The Kier molecular flexibility index (Phi) is 5.05. The van der Waals surface area contributed by atoms with Crippen molar-refractivity contribution in [3.05, 3.63) is 0 Å². The minimum atomic E-state index is -0.288. The molecule has 1 aliphatic rings. The van der Waals surface area contributed by atoms with E-state index in [0.29, 0.717) is 13.2 Å². The summed E-state index contributed by atoms with van der Waals surface area (Å²) in [6.45, 7) is 6.56. The molecule has 88 valence electrons. The molecule has 0 unspecified atom stereocenters. The maximum atomic E-state index is 11.4. The van der Waals surface area contributed by atoms with Gasteiger partial charge in [0.05, 0.1) is 18.6 Å². The van der Waals surface area contributed by atoms with Crippen LogP contribution in [-0.4, -0.2) is 48.3 Å². The number of nitrogens with zero attached hydrogens (tertiary/aromatic N) is 1. The number of piperidine rings is 1. The van der Waals surface area contributed by atoms with Crippen molar-refractivity contribution >= 4 is 5.97 Å². The molecule has 0 aromatic heterocycles. The van der Waals surface area contributed by atoms with Gasteiger partial charge in [-0.25, -0.2) is 0 Å². The maximum Gasteiger partial charge on any atom is 0.309 e. The number of esters is 1. The first-order valence-electron chi connectivity index (χ1n) is 5.70. The Morgan fingerprint density at radius 2 is 2.13 bits per heavy atom. The summed E-state index contributed by atoms with van der Waals surface area (Å²) >= 11 is 0. The van der Waals surface area contributed by atoms with Crippen LogP contribution in [0.5, 0.6) is 0 Å². The number of carbonyl (C=O) groups is 1. The van der Waals surface area contributed by atoms with Gasteiger partial charge in [-0.3, -0.25) is 4.79 Å². The third-order valence-corrected chi connectivity index (χ3v) is 2.73. The predicted octanol–water partition coefficient (Wildman–Crippen LogP) is 0.642. The second kappa shape index (κ2) is 6.08. The first-order chi connectivity index (χ1) is 7.13. The minimum Gasteiger partial charge on any atom is -0.466 e. The largest absolute Gasteiger partial charge is 0.466 e. The van der Waals surface area contributed by atoms with E-state index < -0.39 is 0 Å². The molecule has 0 amide bonds. The fourth-order valence-corrected chi connectivity index (χ4v) is 1.99. The molecule has 1 atom stereocenters. The third-order valence-electron chi connectivity index (χ3n) is 2.73. The Bertz CT molecular complexity index is 198. The zero-order valence-corrected chi connectivity index (χ0v) is 9.61. The van der Waals surface area contributed by atoms with Crippen molar-refractivity contribution in [3.8, 4) is 0 Å². The van der Waals surface area contributed by atoms with Gasteiger partial charge >= 0.3 is 5.97 Å². The van der Waals surface area contributed by atoms with E-state index in [1.807, 2.05) is 6.92 Å². The van der Waals surface area contributed by atoms with Gasteiger partial charge in [-0.15, -0.1) is 0 Å². The van der Waals surface area contributed by atoms with Crippen LogP contribution in [0.1, 0.15) is 26.7 Å². The number of carbonyl (C=O) groups excluding carboxylic acids is 1. The van der Waals surface area contributed by atoms with E-state index in [2.05, 4.69) is 4.90 Å². The van der Waals surface area contributed by atoms with Crippen molar-refractivity contribution < 1.29 is 14.6 Å². The average molecular weight is 215 g/mol. The third kappa shape index (κ3) is 4.18. The predicted molar refractivity (Wildman–Crippen MR) is 57.5 cm³/mol. The summed E-state index contributed by atoms with van der Waals surface area (Å²) in [5.41, 5.74) is 0. The molecule has 0 radical (unpaired) electrons. The number of β-amino-alcohol motifs (C(OH)–C–C–N with tert-alkyl or cyclic N) is 1. The van der Waals surface area contributed by atoms with E-state index in [1.54, 1.807) is 6.92 Å². The average Bonchev–Trinajstić information content (AvgIpc) is 2.18. The van der Waals surface area contributed by atoms with Crippen LogP contribution in [0.3, 0.4) is 0 Å². The number of ether oxygens (including phenoxy) is 1. The van der Waals surface area contributed by atoms with E-state index in [9.17, 15) is 9.90 Å². The van der Waals surface area contributed by atoms with Gasteiger partial charge in [0.25, 0.3) is 0 Å². The fourth-order valence-electron chi connectivity index (χ4n) is 1.99. The lowest BCUT2D eigenvalue weighted by Gasteiger charge is -2.31. The Morgan fingerprint density at radius 1 is 1.53 bits per heavy atom. The highest BCUT2D eigenvalue weighted by Crippen LogP contribution is 2.18. The number of hydrogen-bond donors (Lipinski definition) is 1. The van der Waals surface area contributed by atoms with Crippen LogP contribution in [0.4, 0.5) is 0 Å². The Hall–Kier alpha value is -0.610. The number of aliphatic hydroxyl groups is 1. The molecule has 1 saturated heterocycles. The van der Waals surface area contributed by atoms with Crippen LogP contribution < -0.4 is 0 Å². The first-order valence-corrected chi connectivity index (χ1v) is 5.70. The Morgan fingerprint density at radius 3 is 2.60 bits per heavy atom. The van der Waals surface area contributed by atoms with E-state index in [4.69, 9.17) is 4.74 Å². The summed E-state index contributed by atoms with van der Waals surface area (Å²) in [5.74, 6) is 0.00407. The molecule has 15 heavy (non-hydrogen) atoms. The molecule has 0 aliphatic carbocycles. The van der Waals surface area contributed by atoms with Gasteiger partial charge in [-0.1, -0.05) is 0 Å². The summed E-state index contributed by atoms with van der Waals surface area (Å²) < 4.78 is 4.99. The summed E-state index contributed by atoms with van der Waals surface area (Å²) in [6, 6.07) is 0. The van der Waals surface area contributed by atoms with Gasteiger partial charge in [-0.05, 0) is 39.8 Å². The highest BCUT2D eigenvalue weighted by atomic mass is 16.5. The summed E-state index contributed by atoms with van der Waals surface area (Å²) in [6.07, 6.45) is 1.42. The van der Waals surface area contributed by atoms with Crippen LogP contribution in [0.2, 0.25) is 0 Å². The molecule has 1 aliphatic heterocycles. The van der Waals surface area contributed by atoms with Crippen molar-refractivity contribution in [2.24, 2.45) is 5.92 Å². The quantitative estimate of drug-likeness (QED) is 0.699. The van der Waals surface area contributed by atoms with Crippen molar-refractivity contribution in [3.63, 3.8) is 0 Å². The summed E-state index contributed by atoms with van der Waals surface area (Å²) in [5, 5.41) is 9.23. The molecule has 4 nitrogen and oxygen atoms in total. The van der Waals surface area contributed by atoms with Gasteiger partial charge in [0.1, 0.15) is 0 Å². The normalized spacial score (nSPS) is 21.3. The minimum absolute atomic E-state index is 0.0609. The van der Waals surface area contributed by atoms with E-state index in [1.165, 1.54) is 0 Å². The fraction of sp³-hybridized carbons (Fsp3) is 0.909. The standard InChI is InChI=1S/C11H21NO3/c1-3-15-11(14)10-4-6-12(7-5-10)8-9(2)13/h9-10,13H,3-8H2,1-2H3/t9-/m0/s1. The highest BCUT2D eigenvalue weighted by Gasteiger charge is 2.26. The number of rotatable bonds is 4. The van der Waals surface area contributed by atoms with Crippen molar-refractivity contribution in [2.45, 2.75) is 32.8 Å². The molecule has 1 rings (SSSR count). The highest BCUT2D eigenvalue weighted by molar-refractivity contribution is 5.72. The summed E-state index contributed by atoms with van der Waals surface area (Å²) in [4.78, 5) is 13.6. The lowest BCUT2D eigenvalue weighted by atomic mass is 9.97. The molecule has 4 heteroatoms. The van der Waals surface area contributed by atoms with Crippen LogP contribution in [-0.2, 0) is 9.53 Å². The maximum absolute atomic E-state index is 11.4. The monoisotopic (exact) mass is 215 g/mol. The van der Waals surface area contributed by atoms with Crippen LogP contribution >= 0.6 is 0 Å². The van der Waals surface area contributed by atoms with Crippen LogP contribution in [0.25, 0.3) is 0 Å². The zero-order chi connectivity index (χ0) is 11.3. The molecule has 1 N–H and O–H groups in total. The zero-order valence-electron chi connectivity index (χ0n) is 9.61. The molecule has 0 bridgehead atoms. The number of hydrogen-bond acceptors (Lipinski definition) is 4. The number of aliphatic hydroxyl groups excluding tert-OH is 1. The molecule has 0 aromatic rings. The molecule has 1 fully saturated rings. The van der Waals surface area contributed by atoms with Crippen LogP contribution in [0, 0.1) is 5.92 Å². The van der Waals surface area contributed by atoms with E-state index >= 15 is 0 Å². The lowest BCUT2D eigenvalue weighted by molar-refractivity contribution is -0.149. The van der Waals surface area contributed by atoms with Gasteiger partial charge in [-0.2, -0.15) is 0 Å². The molecule has 0 saturated carbocycles. The molecule has 1 heterocycles. The Balaban J connectivity index is 2.26. The van der Waals surface area contributed by atoms with Gasteiger partial charge in [0, 0.05) is 6.54 Å². The SMILES string of the molecule is CCOC(=O)C1CCN(C[C@H](C)O)CC1. The smallest absolute Gasteiger partial charge is 0.309 e. The second-order valence-electron chi connectivity index (χ2n) is 4.18.